The van der Waals surface area contributed by atoms with E-state index in [4.69, 9.17) is 5.73 Å². The Hall–Kier alpha value is -1.07. The van der Waals surface area contributed by atoms with Crippen molar-refractivity contribution in [2.24, 2.45) is 10.7 Å². The molecule has 3 aliphatic rings. The molecule has 5 heteroatoms. The Morgan fingerprint density at radius 3 is 2.65 bits per heavy atom. The number of nitrogens with two attached hydrogens (primary N) is 1. The fraction of sp³-hybridized carbons (Fsp3) is 0.750. The van der Waals surface area contributed by atoms with E-state index in [0.717, 1.165) is 18.7 Å². The quantitative estimate of drug-likeness (QED) is 0.392. The van der Waals surface area contributed by atoms with Crippen LogP contribution in [0.4, 0.5) is 0 Å². The van der Waals surface area contributed by atoms with Crippen molar-refractivity contribution in [2.75, 3.05) is 45.8 Å². The Kier molecular flexibility index (Phi) is 4.02. The second-order valence-corrected chi connectivity index (χ2v) is 5.03. The summed E-state index contributed by atoms with van der Waals surface area (Å²) >= 11 is 0. The molecule has 2 bridgehead atoms. The van der Waals surface area contributed by atoms with E-state index in [1.54, 1.807) is 0 Å². The number of nitrogens with one attached hydrogen (secondary N) is 1. The summed E-state index contributed by atoms with van der Waals surface area (Å²) in [4.78, 5) is 9.28. The summed E-state index contributed by atoms with van der Waals surface area (Å²) in [6, 6.07) is 0.580. The molecule has 0 saturated carbocycles. The minimum Gasteiger partial charge on any atom is -0.370 e. The van der Waals surface area contributed by atoms with Gasteiger partial charge in [0.2, 0.25) is 0 Å². The first kappa shape index (κ1) is 12.4. The van der Waals surface area contributed by atoms with Crippen molar-refractivity contribution in [1.29, 1.82) is 0 Å². The maximum Gasteiger partial charge on any atom is 0.188 e. The lowest BCUT2D eigenvalue weighted by Crippen LogP contribution is -2.63. The van der Waals surface area contributed by atoms with Crippen molar-refractivity contribution < 1.29 is 0 Å². The van der Waals surface area contributed by atoms with Crippen LogP contribution >= 0.6 is 0 Å². The third-order valence-electron chi connectivity index (χ3n) is 3.43. The predicted molar refractivity (Wildman–Crippen MR) is 71.1 cm³/mol. The van der Waals surface area contributed by atoms with Gasteiger partial charge in [-0.1, -0.05) is 12.2 Å². The van der Waals surface area contributed by atoms with E-state index in [-0.39, 0.29) is 0 Å². The van der Waals surface area contributed by atoms with Crippen LogP contribution in [0.25, 0.3) is 0 Å². The molecule has 0 aromatic rings. The largest absolute Gasteiger partial charge is 0.370 e. The minimum absolute atomic E-state index is 0.533. The molecule has 0 aliphatic carbocycles. The molecule has 3 fully saturated rings. The highest BCUT2D eigenvalue weighted by Crippen LogP contribution is 2.14. The highest BCUT2D eigenvalue weighted by atomic mass is 15.4. The van der Waals surface area contributed by atoms with Gasteiger partial charge in [-0.2, -0.15) is 0 Å². The first-order valence-corrected chi connectivity index (χ1v) is 6.30. The van der Waals surface area contributed by atoms with Crippen molar-refractivity contribution in [2.45, 2.75) is 13.0 Å². The summed E-state index contributed by atoms with van der Waals surface area (Å²) in [5, 5.41) is 3.21. The highest BCUT2D eigenvalue weighted by molar-refractivity contribution is 5.77. The fourth-order valence-electron chi connectivity index (χ4n) is 2.42. The van der Waals surface area contributed by atoms with E-state index in [9.17, 15) is 0 Å². The monoisotopic (exact) mass is 237 g/mol. The molecular weight excluding hydrogens is 214 g/mol. The number of hydrogen-bond acceptors (Lipinski definition) is 3. The Morgan fingerprint density at radius 2 is 2.12 bits per heavy atom. The molecule has 96 valence electrons. The first-order valence-electron chi connectivity index (χ1n) is 6.30. The summed E-state index contributed by atoms with van der Waals surface area (Å²) in [6.07, 6.45) is 0. The molecule has 5 nitrogen and oxygen atoms in total. The van der Waals surface area contributed by atoms with Gasteiger partial charge < -0.3 is 11.1 Å². The van der Waals surface area contributed by atoms with E-state index in [2.05, 4.69) is 26.7 Å². The molecule has 3 rings (SSSR count). The number of piperazine rings is 3. The van der Waals surface area contributed by atoms with E-state index in [1.807, 2.05) is 6.92 Å². The van der Waals surface area contributed by atoms with Crippen molar-refractivity contribution in [3.63, 3.8) is 0 Å². The lowest BCUT2D eigenvalue weighted by atomic mass is 10.1. The van der Waals surface area contributed by atoms with Crippen LogP contribution < -0.4 is 11.1 Å². The van der Waals surface area contributed by atoms with Gasteiger partial charge in [0.1, 0.15) is 0 Å². The zero-order valence-corrected chi connectivity index (χ0v) is 10.7. The van der Waals surface area contributed by atoms with Gasteiger partial charge >= 0.3 is 0 Å². The third kappa shape index (κ3) is 3.44. The van der Waals surface area contributed by atoms with Crippen LogP contribution in [0.1, 0.15) is 6.92 Å². The standard InChI is InChI=1S/C12H23N5/c1-10(2)7-14-12(13)15-8-11-9-16-3-5-17(11)6-4-16/h11H,1,3-9H2,2H3,(H3,13,14,15). The molecule has 1 atom stereocenters. The molecule has 3 N–H and O–H groups in total. The van der Waals surface area contributed by atoms with Crippen LogP contribution in [0.5, 0.6) is 0 Å². The second kappa shape index (κ2) is 5.51. The maximum atomic E-state index is 5.80. The Bertz CT molecular complexity index is 304. The summed E-state index contributed by atoms with van der Waals surface area (Å²) in [5.41, 5.74) is 6.83. The molecule has 3 aliphatic heterocycles. The number of guanidine groups is 1. The van der Waals surface area contributed by atoms with Gasteiger partial charge in [-0.15, -0.1) is 0 Å². The van der Waals surface area contributed by atoms with Gasteiger partial charge in [0, 0.05) is 45.3 Å². The van der Waals surface area contributed by atoms with Crippen LogP contribution in [0.2, 0.25) is 0 Å². The molecular formula is C12H23N5. The van der Waals surface area contributed by atoms with Crippen molar-refractivity contribution in [3.8, 4) is 0 Å². The SMILES string of the molecule is C=C(C)CN=C(N)NCC1CN2CCN1CC2. The van der Waals surface area contributed by atoms with E-state index in [1.165, 1.54) is 26.2 Å². The van der Waals surface area contributed by atoms with Crippen LogP contribution in [0.3, 0.4) is 0 Å². The van der Waals surface area contributed by atoms with E-state index < -0.39 is 0 Å². The van der Waals surface area contributed by atoms with E-state index >= 15 is 0 Å². The fourth-order valence-corrected chi connectivity index (χ4v) is 2.42. The maximum absolute atomic E-state index is 5.80. The predicted octanol–water partition coefficient (Wildman–Crippen LogP) is -0.533. The van der Waals surface area contributed by atoms with Crippen molar-refractivity contribution in [3.05, 3.63) is 12.2 Å². The van der Waals surface area contributed by atoms with Crippen molar-refractivity contribution >= 4 is 5.96 Å². The smallest absolute Gasteiger partial charge is 0.188 e. The zero-order valence-electron chi connectivity index (χ0n) is 10.7. The lowest BCUT2D eigenvalue weighted by Gasteiger charge is -2.47. The summed E-state index contributed by atoms with van der Waals surface area (Å²) in [6.45, 7) is 13.2. The highest BCUT2D eigenvalue weighted by Gasteiger charge is 2.31. The normalized spacial score (nSPS) is 32.5. The number of fused-ring (bicyclic) bond motifs is 3. The number of rotatable bonds is 4. The average Bonchev–Trinajstić information content (AvgIpc) is 2.35. The van der Waals surface area contributed by atoms with Gasteiger partial charge in [-0.25, -0.2) is 4.99 Å². The molecule has 0 spiro atoms. The van der Waals surface area contributed by atoms with Gasteiger partial charge in [-0.3, -0.25) is 9.80 Å². The Morgan fingerprint density at radius 1 is 1.41 bits per heavy atom. The molecule has 0 radical (unpaired) electrons. The number of nitrogens with zero attached hydrogens (tertiary/aromatic N) is 3. The van der Waals surface area contributed by atoms with Crippen LogP contribution in [-0.2, 0) is 0 Å². The Balaban J connectivity index is 1.74. The van der Waals surface area contributed by atoms with Gasteiger partial charge in [0.05, 0.1) is 6.54 Å². The first-order chi connectivity index (χ1) is 8.15. The minimum atomic E-state index is 0.533. The molecule has 0 aromatic carbocycles. The molecule has 3 saturated heterocycles. The summed E-state index contributed by atoms with van der Waals surface area (Å²) in [7, 11) is 0. The zero-order chi connectivity index (χ0) is 12.3. The summed E-state index contributed by atoms with van der Waals surface area (Å²) < 4.78 is 0. The van der Waals surface area contributed by atoms with Gasteiger partial charge in [0.25, 0.3) is 0 Å². The molecule has 0 amide bonds. The number of hydrogen-bond donors (Lipinski definition) is 2. The lowest BCUT2D eigenvalue weighted by molar-refractivity contribution is 0.0154. The molecule has 0 aromatic heterocycles. The average molecular weight is 237 g/mol. The van der Waals surface area contributed by atoms with Crippen molar-refractivity contribution in [1.82, 2.24) is 15.1 Å². The van der Waals surface area contributed by atoms with Crippen LogP contribution in [-0.4, -0.2) is 67.6 Å². The second-order valence-electron chi connectivity index (χ2n) is 5.03. The van der Waals surface area contributed by atoms with Gasteiger partial charge in [0.15, 0.2) is 5.96 Å². The summed E-state index contributed by atoms with van der Waals surface area (Å²) in [5.74, 6) is 0.533. The Labute approximate surface area is 103 Å². The van der Waals surface area contributed by atoms with E-state index in [0.29, 0.717) is 18.5 Å². The molecule has 3 heterocycles. The topological polar surface area (TPSA) is 56.9 Å². The molecule has 1 unspecified atom stereocenters. The molecule has 17 heavy (non-hydrogen) atoms. The van der Waals surface area contributed by atoms with Crippen LogP contribution in [0, 0.1) is 0 Å². The number of aliphatic imine (C=N–C) groups is 1. The third-order valence-corrected chi connectivity index (χ3v) is 3.43. The van der Waals surface area contributed by atoms with Gasteiger partial charge in [-0.05, 0) is 6.92 Å². The van der Waals surface area contributed by atoms with Crippen LogP contribution in [0.15, 0.2) is 17.1 Å².